The van der Waals surface area contributed by atoms with E-state index in [2.05, 4.69) is 38.7 Å². The van der Waals surface area contributed by atoms with E-state index in [1.807, 2.05) is 0 Å². The maximum atomic E-state index is 9.44. The first-order valence-electron chi connectivity index (χ1n) is 7.67. The Morgan fingerprint density at radius 2 is 2.00 bits per heavy atom. The fourth-order valence-electron chi connectivity index (χ4n) is 3.63. The maximum absolute atomic E-state index is 9.44. The van der Waals surface area contributed by atoms with Crippen LogP contribution in [0.5, 0.6) is 0 Å². The highest BCUT2D eigenvalue weighted by molar-refractivity contribution is 5.00. The molecular weight excluding hydrogens is 236 g/mol. The molecule has 3 heteroatoms. The van der Waals surface area contributed by atoms with Crippen LogP contribution in [0, 0.1) is 28.6 Å². The van der Waals surface area contributed by atoms with Gasteiger partial charge in [-0.2, -0.15) is 5.26 Å². The molecule has 3 nitrogen and oxygen atoms in total. The van der Waals surface area contributed by atoms with Crippen LogP contribution in [0.25, 0.3) is 0 Å². The van der Waals surface area contributed by atoms with Gasteiger partial charge in [-0.15, -0.1) is 0 Å². The van der Waals surface area contributed by atoms with E-state index in [0.29, 0.717) is 17.6 Å². The minimum Gasteiger partial charge on any atom is -0.376 e. The second-order valence-corrected chi connectivity index (χ2v) is 7.36. The first-order chi connectivity index (χ1) is 8.91. The van der Waals surface area contributed by atoms with Gasteiger partial charge in [0, 0.05) is 19.1 Å². The molecule has 0 radical (unpaired) electrons. The van der Waals surface area contributed by atoms with Gasteiger partial charge in [-0.3, -0.25) is 4.90 Å². The lowest BCUT2D eigenvalue weighted by atomic mass is 9.67. The fraction of sp³-hybridized carbons (Fsp3) is 0.938. The van der Waals surface area contributed by atoms with Crippen molar-refractivity contribution in [3.63, 3.8) is 0 Å². The summed E-state index contributed by atoms with van der Waals surface area (Å²) in [6.07, 6.45) is 3.75. The normalized spacial score (nSPS) is 37.8. The summed E-state index contributed by atoms with van der Waals surface area (Å²) >= 11 is 0. The van der Waals surface area contributed by atoms with Crippen molar-refractivity contribution >= 4 is 0 Å². The van der Waals surface area contributed by atoms with Gasteiger partial charge in [-0.05, 0) is 37.5 Å². The minimum atomic E-state index is 0.212. The molecule has 0 N–H and O–H groups in total. The van der Waals surface area contributed by atoms with Crippen LogP contribution in [-0.2, 0) is 4.74 Å². The third-order valence-corrected chi connectivity index (χ3v) is 4.95. The lowest BCUT2D eigenvalue weighted by Gasteiger charge is -2.46. The van der Waals surface area contributed by atoms with E-state index in [4.69, 9.17) is 4.74 Å². The molecule has 4 unspecified atom stereocenters. The zero-order valence-corrected chi connectivity index (χ0v) is 12.9. The number of hydrogen-bond acceptors (Lipinski definition) is 3. The average Bonchev–Trinajstić information content (AvgIpc) is 2.37. The summed E-state index contributed by atoms with van der Waals surface area (Å²) in [5, 5.41) is 9.44. The van der Waals surface area contributed by atoms with Crippen LogP contribution < -0.4 is 0 Å². The van der Waals surface area contributed by atoms with Gasteiger partial charge >= 0.3 is 0 Å². The second kappa shape index (κ2) is 5.81. The molecule has 0 aromatic carbocycles. The SMILES string of the molecule is CC1CN(C2CC(C(C)(C)C)CCC2C#N)CCO1. The van der Waals surface area contributed by atoms with Gasteiger partial charge in [-0.1, -0.05) is 20.8 Å². The molecule has 0 bridgehead atoms. The van der Waals surface area contributed by atoms with Gasteiger partial charge in [0.2, 0.25) is 0 Å². The minimum absolute atomic E-state index is 0.212. The summed E-state index contributed by atoms with van der Waals surface area (Å²) in [5.74, 6) is 0.948. The molecule has 1 aliphatic heterocycles. The number of morpholine rings is 1. The Hall–Kier alpha value is -0.590. The highest BCUT2D eigenvalue weighted by atomic mass is 16.5. The van der Waals surface area contributed by atoms with Crippen molar-refractivity contribution in [3.8, 4) is 6.07 Å². The van der Waals surface area contributed by atoms with Crippen LogP contribution in [0.4, 0.5) is 0 Å². The van der Waals surface area contributed by atoms with Crippen LogP contribution in [-0.4, -0.2) is 36.7 Å². The van der Waals surface area contributed by atoms with Crippen LogP contribution in [0.1, 0.15) is 47.0 Å². The van der Waals surface area contributed by atoms with Gasteiger partial charge in [0.15, 0.2) is 0 Å². The fourth-order valence-corrected chi connectivity index (χ4v) is 3.63. The maximum Gasteiger partial charge on any atom is 0.0674 e. The van der Waals surface area contributed by atoms with Crippen LogP contribution in [0.3, 0.4) is 0 Å². The van der Waals surface area contributed by atoms with Gasteiger partial charge < -0.3 is 4.74 Å². The Bertz CT molecular complexity index is 342. The average molecular weight is 264 g/mol. The third-order valence-electron chi connectivity index (χ3n) is 4.95. The summed E-state index contributed by atoms with van der Waals surface area (Å²) in [6.45, 7) is 11.9. The first-order valence-corrected chi connectivity index (χ1v) is 7.67. The van der Waals surface area contributed by atoms with E-state index >= 15 is 0 Å². The van der Waals surface area contributed by atoms with Crippen LogP contribution in [0.15, 0.2) is 0 Å². The van der Waals surface area contributed by atoms with Gasteiger partial charge in [0.05, 0.1) is 24.7 Å². The molecule has 1 saturated carbocycles. The molecule has 0 aromatic heterocycles. The van der Waals surface area contributed by atoms with Crippen molar-refractivity contribution in [3.05, 3.63) is 0 Å². The van der Waals surface area contributed by atoms with Crippen molar-refractivity contribution < 1.29 is 4.74 Å². The van der Waals surface area contributed by atoms with Crippen molar-refractivity contribution in [2.75, 3.05) is 19.7 Å². The second-order valence-electron chi connectivity index (χ2n) is 7.36. The van der Waals surface area contributed by atoms with Crippen molar-refractivity contribution in [1.29, 1.82) is 5.26 Å². The number of nitrogens with zero attached hydrogens (tertiary/aromatic N) is 2. The highest BCUT2D eigenvalue weighted by Gasteiger charge is 2.39. The molecule has 0 aromatic rings. The van der Waals surface area contributed by atoms with E-state index < -0.39 is 0 Å². The molecular formula is C16H28N2O. The highest BCUT2D eigenvalue weighted by Crippen LogP contribution is 2.41. The molecule has 0 spiro atoms. The van der Waals surface area contributed by atoms with E-state index in [9.17, 15) is 5.26 Å². The summed E-state index contributed by atoms with van der Waals surface area (Å²) in [4.78, 5) is 2.51. The number of hydrogen-bond donors (Lipinski definition) is 0. The van der Waals surface area contributed by atoms with E-state index in [1.54, 1.807) is 0 Å². The Balaban J connectivity index is 2.07. The van der Waals surface area contributed by atoms with Crippen molar-refractivity contribution in [2.45, 2.75) is 59.1 Å². The number of ether oxygens (including phenoxy) is 1. The molecule has 4 atom stereocenters. The molecule has 2 fully saturated rings. The summed E-state index contributed by atoms with van der Waals surface area (Å²) < 4.78 is 5.64. The molecule has 2 aliphatic rings. The molecule has 19 heavy (non-hydrogen) atoms. The van der Waals surface area contributed by atoms with Gasteiger partial charge in [0.25, 0.3) is 0 Å². The van der Waals surface area contributed by atoms with E-state index in [-0.39, 0.29) is 5.92 Å². The topological polar surface area (TPSA) is 36.3 Å². The van der Waals surface area contributed by atoms with Crippen LogP contribution in [0.2, 0.25) is 0 Å². The molecule has 1 heterocycles. The monoisotopic (exact) mass is 264 g/mol. The molecule has 108 valence electrons. The predicted octanol–water partition coefficient (Wildman–Crippen LogP) is 3.06. The smallest absolute Gasteiger partial charge is 0.0674 e. The Kier molecular flexibility index (Phi) is 4.53. The lowest BCUT2D eigenvalue weighted by Crippen LogP contribution is -2.52. The van der Waals surface area contributed by atoms with E-state index in [1.165, 1.54) is 12.8 Å². The standard InChI is InChI=1S/C16H28N2O/c1-12-11-18(7-8-19-12)15-9-14(16(2,3)4)6-5-13(15)10-17/h12-15H,5-9,11H2,1-4H3. The summed E-state index contributed by atoms with van der Waals surface area (Å²) in [7, 11) is 0. The predicted molar refractivity (Wildman–Crippen MR) is 76.7 cm³/mol. The molecule has 2 rings (SSSR count). The third kappa shape index (κ3) is 3.49. The number of rotatable bonds is 1. The quantitative estimate of drug-likeness (QED) is 0.730. The van der Waals surface area contributed by atoms with Crippen molar-refractivity contribution in [1.82, 2.24) is 4.90 Å². The summed E-state index contributed by atoms with van der Waals surface area (Å²) in [6, 6.07) is 2.99. The first kappa shape index (κ1) is 14.8. The van der Waals surface area contributed by atoms with Gasteiger partial charge in [0.1, 0.15) is 0 Å². The largest absolute Gasteiger partial charge is 0.376 e. The molecule has 1 saturated heterocycles. The zero-order valence-electron chi connectivity index (χ0n) is 12.9. The Labute approximate surface area is 117 Å². The lowest BCUT2D eigenvalue weighted by molar-refractivity contribution is -0.0544. The summed E-state index contributed by atoms with van der Waals surface area (Å²) in [5.41, 5.74) is 0.358. The van der Waals surface area contributed by atoms with Crippen molar-refractivity contribution in [2.24, 2.45) is 17.3 Å². The molecule has 0 amide bonds. The van der Waals surface area contributed by atoms with E-state index in [0.717, 1.165) is 32.0 Å². The van der Waals surface area contributed by atoms with Gasteiger partial charge in [-0.25, -0.2) is 0 Å². The zero-order chi connectivity index (χ0) is 14.0. The number of nitriles is 1. The Morgan fingerprint density at radius 1 is 1.26 bits per heavy atom. The molecule has 1 aliphatic carbocycles. The Morgan fingerprint density at radius 3 is 2.58 bits per heavy atom. The van der Waals surface area contributed by atoms with Crippen LogP contribution >= 0.6 is 0 Å².